The molecule has 0 saturated carbocycles. The van der Waals surface area contributed by atoms with Gasteiger partial charge in [-0.1, -0.05) is 43.9 Å². The maximum absolute atomic E-state index is 13.5. The lowest BCUT2D eigenvalue weighted by atomic mass is 9.93. The number of hydrogen-bond acceptors (Lipinski definition) is 2. The van der Waals surface area contributed by atoms with E-state index in [-0.39, 0.29) is 29.0 Å². The molecule has 2 rings (SSSR count). The van der Waals surface area contributed by atoms with Crippen LogP contribution in [-0.2, 0) is 6.18 Å². The SMILES string of the molecule is CCCCC[C@H](c1c(Cl)cccc1C(F)(F)F)N1CCNCC1.Cl. The van der Waals surface area contributed by atoms with Crippen molar-refractivity contribution in [1.29, 1.82) is 0 Å². The molecule has 1 aromatic rings. The van der Waals surface area contributed by atoms with Crippen molar-refractivity contribution in [2.75, 3.05) is 26.2 Å². The molecule has 1 aliphatic rings. The van der Waals surface area contributed by atoms with Crippen molar-refractivity contribution < 1.29 is 13.2 Å². The molecule has 0 radical (unpaired) electrons. The van der Waals surface area contributed by atoms with Gasteiger partial charge in [0.15, 0.2) is 0 Å². The Labute approximate surface area is 153 Å². The monoisotopic (exact) mass is 384 g/mol. The molecule has 1 heterocycles. The zero-order valence-corrected chi connectivity index (χ0v) is 15.4. The first-order valence-corrected chi connectivity index (χ1v) is 8.63. The van der Waals surface area contributed by atoms with Gasteiger partial charge in [-0.3, -0.25) is 4.90 Å². The summed E-state index contributed by atoms with van der Waals surface area (Å²) in [7, 11) is 0. The average Bonchev–Trinajstić information content (AvgIpc) is 2.52. The minimum atomic E-state index is -4.38. The van der Waals surface area contributed by atoms with Gasteiger partial charge in [-0.2, -0.15) is 13.2 Å². The quantitative estimate of drug-likeness (QED) is 0.668. The smallest absolute Gasteiger partial charge is 0.314 e. The molecule has 0 bridgehead atoms. The third-order valence-electron chi connectivity index (χ3n) is 4.37. The van der Waals surface area contributed by atoms with Gasteiger partial charge in [0.2, 0.25) is 0 Å². The number of rotatable bonds is 6. The second-order valence-corrected chi connectivity index (χ2v) is 6.40. The van der Waals surface area contributed by atoms with Gasteiger partial charge in [-0.15, -0.1) is 12.4 Å². The third-order valence-corrected chi connectivity index (χ3v) is 4.69. The minimum absolute atomic E-state index is 0. The van der Waals surface area contributed by atoms with Gasteiger partial charge in [0, 0.05) is 42.8 Å². The highest BCUT2D eigenvalue weighted by Crippen LogP contribution is 2.41. The number of nitrogens with zero attached hydrogens (tertiary/aromatic N) is 1. The predicted octanol–water partition coefficient (Wildman–Crippen LogP) is 5.31. The van der Waals surface area contributed by atoms with Crippen LogP contribution in [0.5, 0.6) is 0 Å². The Morgan fingerprint density at radius 3 is 2.46 bits per heavy atom. The molecule has 2 nitrogen and oxygen atoms in total. The summed E-state index contributed by atoms with van der Waals surface area (Å²) in [6, 6.07) is 3.83. The molecule has 24 heavy (non-hydrogen) atoms. The molecule has 1 saturated heterocycles. The lowest BCUT2D eigenvalue weighted by molar-refractivity contribution is -0.138. The maximum atomic E-state index is 13.5. The predicted molar refractivity (Wildman–Crippen MR) is 95.0 cm³/mol. The van der Waals surface area contributed by atoms with E-state index in [1.807, 2.05) is 0 Å². The van der Waals surface area contributed by atoms with E-state index in [2.05, 4.69) is 17.1 Å². The van der Waals surface area contributed by atoms with Crippen LogP contribution in [0.15, 0.2) is 18.2 Å². The first kappa shape index (κ1) is 21.6. The molecule has 1 aliphatic heterocycles. The largest absolute Gasteiger partial charge is 0.416 e. The van der Waals surface area contributed by atoms with Crippen molar-refractivity contribution in [2.45, 2.75) is 44.8 Å². The first-order valence-electron chi connectivity index (χ1n) is 8.25. The Balaban J connectivity index is 0.00000288. The minimum Gasteiger partial charge on any atom is -0.314 e. The normalized spacial score (nSPS) is 17.4. The molecule has 0 aliphatic carbocycles. The molecule has 0 aromatic heterocycles. The number of piperazine rings is 1. The van der Waals surface area contributed by atoms with Crippen LogP contribution in [0.4, 0.5) is 13.2 Å². The molecular weight excluding hydrogens is 360 g/mol. The summed E-state index contributed by atoms with van der Waals surface area (Å²) in [4.78, 5) is 2.14. The summed E-state index contributed by atoms with van der Waals surface area (Å²) in [5.74, 6) is 0. The highest BCUT2D eigenvalue weighted by atomic mass is 35.5. The Kier molecular flexibility index (Phi) is 8.85. The van der Waals surface area contributed by atoms with E-state index in [9.17, 15) is 13.2 Å². The highest BCUT2D eigenvalue weighted by molar-refractivity contribution is 6.31. The van der Waals surface area contributed by atoms with Crippen molar-refractivity contribution in [3.63, 3.8) is 0 Å². The lowest BCUT2D eigenvalue weighted by Crippen LogP contribution is -2.45. The molecule has 1 N–H and O–H groups in total. The average molecular weight is 385 g/mol. The van der Waals surface area contributed by atoms with Crippen molar-refractivity contribution >= 4 is 24.0 Å². The summed E-state index contributed by atoms with van der Waals surface area (Å²) >= 11 is 6.22. The van der Waals surface area contributed by atoms with Crippen LogP contribution in [0.1, 0.15) is 49.8 Å². The fourth-order valence-corrected chi connectivity index (χ4v) is 3.51. The molecule has 1 fully saturated rings. The van der Waals surface area contributed by atoms with Crippen LogP contribution < -0.4 is 5.32 Å². The van der Waals surface area contributed by atoms with Gasteiger partial charge < -0.3 is 5.32 Å². The second-order valence-electron chi connectivity index (χ2n) is 6.00. The Hall–Kier alpha value is -0.490. The Morgan fingerprint density at radius 2 is 1.88 bits per heavy atom. The first-order chi connectivity index (χ1) is 10.9. The van der Waals surface area contributed by atoms with E-state index >= 15 is 0 Å². The van der Waals surface area contributed by atoms with Crippen molar-refractivity contribution in [3.8, 4) is 0 Å². The molecule has 0 amide bonds. The number of unbranched alkanes of at least 4 members (excludes halogenated alkanes) is 2. The molecule has 1 atom stereocenters. The summed E-state index contributed by atoms with van der Waals surface area (Å²) < 4.78 is 40.4. The Bertz CT molecular complexity index is 503. The maximum Gasteiger partial charge on any atom is 0.416 e. The number of hydrogen-bond donors (Lipinski definition) is 1. The van der Waals surface area contributed by atoms with Crippen LogP contribution in [-0.4, -0.2) is 31.1 Å². The van der Waals surface area contributed by atoms with Gasteiger partial charge in [-0.05, 0) is 18.6 Å². The fourth-order valence-electron chi connectivity index (χ4n) is 3.21. The second kappa shape index (κ2) is 9.85. The van der Waals surface area contributed by atoms with Crippen LogP contribution in [0.2, 0.25) is 5.02 Å². The molecule has 0 spiro atoms. The van der Waals surface area contributed by atoms with Gasteiger partial charge in [0.1, 0.15) is 0 Å². The van der Waals surface area contributed by atoms with Gasteiger partial charge in [-0.25, -0.2) is 0 Å². The molecule has 138 valence electrons. The fraction of sp³-hybridized carbons (Fsp3) is 0.647. The van der Waals surface area contributed by atoms with E-state index in [0.29, 0.717) is 6.42 Å². The number of halogens is 5. The summed E-state index contributed by atoms with van der Waals surface area (Å²) in [6.07, 6.45) is -0.692. The van der Waals surface area contributed by atoms with Crippen LogP contribution >= 0.6 is 24.0 Å². The summed E-state index contributed by atoms with van der Waals surface area (Å²) in [6.45, 7) is 5.20. The van der Waals surface area contributed by atoms with E-state index in [1.165, 1.54) is 6.07 Å². The molecule has 1 aromatic carbocycles. The van der Waals surface area contributed by atoms with Gasteiger partial charge >= 0.3 is 6.18 Å². The van der Waals surface area contributed by atoms with E-state index in [0.717, 1.165) is 51.5 Å². The summed E-state index contributed by atoms with van der Waals surface area (Å²) in [5, 5.41) is 3.47. The van der Waals surface area contributed by atoms with Crippen molar-refractivity contribution in [1.82, 2.24) is 10.2 Å². The zero-order chi connectivity index (χ0) is 16.9. The van der Waals surface area contributed by atoms with Gasteiger partial charge in [0.25, 0.3) is 0 Å². The van der Waals surface area contributed by atoms with E-state index in [4.69, 9.17) is 11.6 Å². The zero-order valence-electron chi connectivity index (χ0n) is 13.8. The third kappa shape index (κ3) is 5.51. The standard InChI is InChI=1S/C17H24ClF3N2.ClH/c1-2-3-4-8-15(23-11-9-22-10-12-23)16-13(17(19,20)21)6-5-7-14(16)18;/h5-7,15,22H,2-4,8-12H2,1H3;1H/t15-;/m1./s1. The molecular formula is C17H25Cl2F3N2. The lowest BCUT2D eigenvalue weighted by Gasteiger charge is -2.37. The number of benzene rings is 1. The van der Waals surface area contributed by atoms with E-state index < -0.39 is 11.7 Å². The van der Waals surface area contributed by atoms with Crippen LogP contribution in [0.25, 0.3) is 0 Å². The number of alkyl halides is 3. The van der Waals surface area contributed by atoms with Crippen molar-refractivity contribution in [3.05, 3.63) is 34.3 Å². The molecule has 0 unspecified atom stereocenters. The van der Waals surface area contributed by atoms with Gasteiger partial charge in [0.05, 0.1) is 5.56 Å². The Morgan fingerprint density at radius 1 is 1.21 bits per heavy atom. The topological polar surface area (TPSA) is 15.3 Å². The van der Waals surface area contributed by atoms with Crippen LogP contribution in [0.3, 0.4) is 0 Å². The summed E-state index contributed by atoms with van der Waals surface area (Å²) in [5.41, 5.74) is -0.343. The van der Waals surface area contributed by atoms with E-state index in [1.54, 1.807) is 6.07 Å². The van der Waals surface area contributed by atoms with Crippen LogP contribution in [0, 0.1) is 0 Å². The number of nitrogens with one attached hydrogen (secondary N) is 1. The van der Waals surface area contributed by atoms with Crippen molar-refractivity contribution in [2.24, 2.45) is 0 Å². The highest BCUT2D eigenvalue weighted by Gasteiger charge is 2.37. The molecule has 7 heteroatoms.